The number of phosphoric acid groups is 1. The van der Waals surface area contributed by atoms with E-state index in [0.29, 0.717) is 6.42 Å². The zero-order valence-corrected chi connectivity index (χ0v) is 38.9. The Morgan fingerprint density at radius 2 is 0.810 bits per heavy atom. The molecule has 0 saturated carbocycles. The second-order valence-electron chi connectivity index (χ2n) is 16.7. The van der Waals surface area contributed by atoms with Crippen LogP contribution in [0, 0.1) is 0 Å². The second-order valence-corrected chi connectivity index (χ2v) is 18.1. The van der Waals surface area contributed by atoms with Gasteiger partial charge in [0.15, 0.2) is 6.10 Å². The Bertz CT molecular complexity index is 982. The maximum absolute atomic E-state index is 12.7. The smallest absolute Gasteiger partial charge is 0.306 e. The fourth-order valence-electron chi connectivity index (χ4n) is 7.20. The molecule has 0 aromatic rings. The first kappa shape index (κ1) is 56.5. The van der Waals surface area contributed by atoms with E-state index in [1.807, 2.05) is 0 Å². The van der Waals surface area contributed by atoms with Gasteiger partial charge in [0.2, 0.25) is 5.91 Å². The summed E-state index contributed by atoms with van der Waals surface area (Å²) in [7, 11) is -4.73. The van der Waals surface area contributed by atoms with Gasteiger partial charge in [0, 0.05) is 26.3 Å². The molecule has 0 rings (SSSR count). The molecule has 344 valence electrons. The largest absolute Gasteiger partial charge is 0.756 e. The summed E-state index contributed by atoms with van der Waals surface area (Å²) in [6, 6.07) is 0. The summed E-state index contributed by atoms with van der Waals surface area (Å²) in [6.07, 6.45) is 42.1. The third-order valence-corrected chi connectivity index (χ3v) is 11.8. The molecule has 0 bridgehead atoms. The lowest BCUT2D eigenvalue weighted by Crippen LogP contribution is -2.30. The average Bonchev–Trinajstić information content (AvgIpc) is 3.19. The normalized spacial score (nSPS) is 13.0. The maximum Gasteiger partial charge on any atom is 0.306 e. The average molecular weight is 845 g/mol. The minimum atomic E-state index is -4.73. The van der Waals surface area contributed by atoms with Gasteiger partial charge >= 0.3 is 11.9 Å². The molecular weight excluding hydrogens is 753 g/mol. The molecule has 10 nitrogen and oxygen atoms in total. The number of amides is 1. The van der Waals surface area contributed by atoms with Gasteiger partial charge in [0.05, 0.1) is 13.2 Å². The van der Waals surface area contributed by atoms with Crippen LogP contribution in [0.3, 0.4) is 0 Å². The van der Waals surface area contributed by atoms with Crippen molar-refractivity contribution in [3.8, 4) is 0 Å². The SMILES string of the molecule is CCCCCCCCCCCCCCCCCCCC(=O)OC[C@H](COP(=O)([O-])OCCNC(C)=O)OC(=O)CCCCCCCCCCCCCCCCCCC. The molecule has 0 spiro atoms. The van der Waals surface area contributed by atoms with E-state index < -0.39 is 32.5 Å². The molecule has 0 aromatic heterocycles. The number of carbonyl (C=O) groups is 3. The van der Waals surface area contributed by atoms with Crippen LogP contribution in [0.5, 0.6) is 0 Å². The van der Waals surface area contributed by atoms with Crippen molar-refractivity contribution >= 4 is 25.7 Å². The van der Waals surface area contributed by atoms with E-state index in [-0.39, 0.29) is 38.5 Å². The van der Waals surface area contributed by atoms with Gasteiger partial charge in [-0.2, -0.15) is 0 Å². The van der Waals surface area contributed by atoms with Crippen LogP contribution < -0.4 is 10.2 Å². The van der Waals surface area contributed by atoms with E-state index in [2.05, 4.69) is 19.2 Å². The van der Waals surface area contributed by atoms with Crippen LogP contribution in [0.1, 0.15) is 252 Å². The number of rotatable bonds is 46. The first-order chi connectivity index (χ1) is 28.2. The number of hydrogen-bond donors (Lipinski definition) is 1. The van der Waals surface area contributed by atoms with Crippen LogP contribution in [0.2, 0.25) is 0 Å². The molecule has 0 saturated heterocycles. The van der Waals surface area contributed by atoms with Crippen molar-refractivity contribution in [1.82, 2.24) is 5.32 Å². The topological polar surface area (TPSA) is 140 Å². The van der Waals surface area contributed by atoms with Gasteiger partial charge in [-0.25, -0.2) is 0 Å². The number of nitrogens with one attached hydrogen (secondary N) is 1. The molecule has 0 heterocycles. The van der Waals surface area contributed by atoms with E-state index in [9.17, 15) is 23.8 Å². The lowest BCUT2D eigenvalue weighted by molar-refractivity contribution is -0.228. The molecular formula is C47H91NO9P-. The van der Waals surface area contributed by atoms with Gasteiger partial charge in [-0.3, -0.25) is 18.9 Å². The minimum absolute atomic E-state index is 0.000289. The van der Waals surface area contributed by atoms with Crippen molar-refractivity contribution in [3.63, 3.8) is 0 Å². The van der Waals surface area contributed by atoms with Gasteiger partial charge in [0.25, 0.3) is 7.82 Å². The molecule has 11 heteroatoms. The van der Waals surface area contributed by atoms with Gasteiger partial charge in [-0.1, -0.05) is 219 Å². The van der Waals surface area contributed by atoms with Crippen LogP contribution in [0.4, 0.5) is 0 Å². The first-order valence-corrected chi connectivity index (χ1v) is 25.9. The zero-order chi connectivity index (χ0) is 42.6. The summed E-state index contributed by atoms with van der Waals surface area (Å²) in [5.41, 5.74) is 0. The van der Waals surface area contributed by atoms with Gasteiger partial charge in [-0.05, 0) is 12.8 Å². The van der Waals surface area contributed by atoms with Crippen molar-refractivity contribution in [2.75, 3.05) is 26.4 Å². The third-order valence-electron chi connectivity index (χ3n) is 10.8. The van der Waals surface area contributed by atoms with Crippen LogP contribution in [-0.2, 0) is 37.5 Å². The summed E-state index contributed by atoms with van der Waals surface area (Å²) in [6.45, 7) is 4.72. The summed E-state index contributed by atoms with van der Waals surface area (Å²) in [4.78, 5) is 48.4. The van der Waals surface area contributed by atoms with E-state index in [4.69, 9.17) is 18.5 Å². The van der Waals surface area contributed by atoms with E-state index in [0.717, 1.165) is 38.5 Å². The molecule has 1 unspecified atom stereocenters. The number of hydrogen-bond acceptors (Lipinski definition) is 9. The standard InChI is InChI=1S/C47H92NO9P/c1-4-6-8-10-12-14-16-18-20-22-24-26-28-30-32-34-36-38-46(50)54-42-45(43-56-58(52,53)55-41-40-48-44(3)49)57-47(51)39-37-35-33-31-29-27-25-23-21-19-17-15-13-11-9-7-5-2/h45H,4-43H2,1-3H3,(H,48,49)(H,52,53)/p-1/t45-/m1/s1. The Hall–Kier alpha value is -1.48. The lowest BCUT2D eigenvalue weighted by atomic mass is 10.0. The number of carbonyl (C=O) groups excluding carboxylic acids is 3. The number of phosphoric ester groups is 1. The van der Waals surface area contributed by atoms with Crippen molar-refractivity contribution in [1.29, 1.82) is 0 Å². The number of esters is 2. The Morgan fingerprint density at radius 1 is 0.483 bits per heavy atom. The molecule has 0 radical (unpaired) electrons. The summed E-state index contributed by atoms with van der Waals surface area (Å²) >= 11 is 0. The molecule has 0 fully saturated rings. The fraction of sp³-hybridized carbons (Fsp3) is 0.936. The summed E-state index contributed by atoms with van der Waals surface area (Å²) < 4.78 is 32.9. The lowest BCUT2D eigenvalue weighted by Gasteiger charge is -2.25. The summed E-state index contributed by atoms with van der Waals surface area (Å²) in [5, 5.41) is 2.44. The summed E-state index contributed by atoms with van der Waals surface area (Å²) in [5.74, 6) is -1.20. The Labute approximate surface area is 356 Å². The predicted octanol–water partition coefficient (Wildman–Crippen LogP) is 13.2. The number of ether oxygens (including phenoxy) is 2. The quantitative estimate of drug-likeness (QED) is 0.0360. The molecule has 0 aromatic carbocycles. The highest BCUT2D eigenvalue weighted by molar-refractivity contribution is 7.45. The van der Waals surface area contributed by atoms with Crippen LogP contribution in [0.15, 0.2) is 0 Å². The minimum Gasteiger partial charge on any atom is -0.756 e. The highest BCUT2D eigenvalue weighted by Gasteiger charge is 2.21. The zero-order valence-electron chi connectivity index (χ0n) is 38.0. The van der Waals surface area contributed by atoms with E-state index in [1.54, 1.807) is 0 Å². The molecule has 0 aliphatic carbocycles. The van der Waals surface area contributed by atoms with Crippen molar-refractivity contribution in [2.45, 2.75) is 258 Å². The van der Waals surface area contributed by atoms with Crippen LogP contribution in [0.25, 0.3) is 0 Å². The monoisotopic (exact) mass is 845 g/mol. The molecule has 2 atom stereocenters. The predicted molar refractivity (Wildman–Crippen MR) is 237 cm³/mol. The van der Waals surface area contributed by atoms with Gasteiger partial charge in [0.1, 0.15) is 6.61 Å². The second kappa shape index (κ2) is 43.6. The van der Waals surface area contributed by atoms with E-state index in [1.165, 1.54) is 180 Å². The van der Waals surface area contributed by atoms with Crippen molar-refractivity contribution in [3.05, 3.63) is 0 Å². The maximum atomic E-state index is 12.7. The van der Waals surface area contributed by atoms with Crippen LogP contribution >= 0.6 is 7.82 Å². The molecule has 0 aliphatic rings. The Morgan fingerprint density at radius 3 is 1.16 bits per heavy atom. The fourth-order valence-corrected chi connectivity index (χ4v) is 7.94. The third kappa shape index (κ3) is 44.1. The number of unbranched alkanes of at least 4 members (excludes halogenated alkanes) is 32. The first-order valence-electron chi connectivity index (χ1n) is 24.4. The molecule has 58 heavy (non-hydrogen) atoms. The molecule has 1 N–H and O–H groups in total. The van der Waals surface area contributed by atoms with Crippen molar-refractivity contribution in [2.24, 2.45) is 0 Å². The van der Waals surface area contributed by atoms with Gasteiger partial charge in [-0.15, -0.1) is 0 Å². The molecule has 1 amide bonds. The van der Waals surface area contributed by atoms with Crippen molar-refractivity contribution < 1.29 is 42.4 Å². The van der Waals surface area contributed by atoms with Gasteiger partial charge < -0.3 is 28.7 Å². The Balaban J connectivity index is 4.22. The Kier molecular flexibility index (Phi) is 42.5. The molecule has 0 aliphatic heterocycles. The van der Waals surface area contributed by atoms with E-state index >= 15 is 0 Å². The highest BCUT2D eigenvalue weighted by Crippen LogP contribution is 2.38. The highest BCUT2D eigenvalue weighted by atomic mass is 31.2. The van der Waals surface area contributed by atoms with Crippen LogP contribution in [-0.4, -0.2) is 50.3 Å².